The van der Waals surface area contributed by atoms with Crippen LogP contribution in [0, 0.1) is 10.8 Å². The third-order valence-corrected chi connectivity index (χ3v) is 9.29. The Morgan fingerprint density at radius 1 is 1.12 bits per heavy atom. The maximum atomic E-state index is 15.4. The highest BCUT2D eigenvalue weighted by atomic mass is 35.5. The Morgan fingerprint density at radius 3 is 2.59 bits per heavy atom. The molecule has 16 heteroatoms. The first kappa shape index (κ1) is 28.0. The lowest BCUT2D eigenvalue weighted by Gasteiger charge is -2.51. The fraction of sp³-hybridized carbons (Fsp3) is 0.440. The van der Waals surface area contributed by atoms with E-state index in [9.17, 15) is 13.6 Å². The zero-order valence-corrected chi connectivity index (χ0v) is 23.8. The van der Waals surface area contributed by atoms with Crippen LogP contribution in [0.4, 0.5) is 23.4 Å². The van der Waals surface area contributed by atoms with Gasteiger partial charge >= 0.3 is 5.92 Å². The number of likely N-dealkylation sites (tertiary alicyclic amines) is 1. The summed E-state index contributed by atoms with van der Waals surface area (Å²) >= 11 is 13.2. The van der Waals surface area contributed by atoms with E-state index in [-0.39, 0.29) is 35.6 Å². The highest BCUT2D eigenvalue weighted by molar-refractivity contribution is 7.17. The average molecular weight is 630 g/mol. The number of amides is 1. The largest absolute Gasteiger partial charge is 0.419 e. The summed E-state index contributed by atoms with van der Waals surface area (Å²) in [6, 6.07) is 3.39. The van der Waals surface area contributed by atoms with Crippen molar-refractivity contribution >= 4 is 56.6 Å². The van der Waals surface area contributed by atoms with E-state index in [0.29, 0.717) is 18.0 Å². The predicted molar refractivity (Wildman–Crippen MR) is 143 cm³/mol. The summed E-state index contributed by atoms with van der Waals surface area (Å²) < 4.78 is 64.3. The Bertz CT molecular complexity index is 1640. The number of hydrogen-bond donors (Lipinski definition) is 0. The van der Waals surface area contributed by atoms with E-state index in [1.54, 1.807) is 5.51 Å². The Labute approximate surface area is 244 Å². The first-order valence-electron chi connectivity index (χ1n) is 12.4. The maximum absolute atomic E-state index is 15.4. The van der Waals surface area contributed by atoms with E-state index in [1.165, 1.54) is 42.5 Å². The molecule has 0 saturated carbocycles. The fourth-order valence-electron chi connectivity index (χ4n) is 5.37. The quantitative estimate of drug-likeness (QED) is 0.253. The number of hydrogen-bond acceptors (Lipinski definition) is 9. The summed E-state index contributed by atoms with van der Waals surface area (Å²) in [5.41, 5.74) is -0.955. The number of nitrogens with zero attached hydrogens (tertiary/aromatic N) is 7. The van der Waals surface area contributed by atoms with Gasteiger partial charge in [0, 0.05) is 37.2 Å². The SMILES string of the molecule is CC(C)(C(=O)N1CC2(C1)CN(c1ncnc3ncsc13)CC2c1nnc(C(F)(F)c2ccc(Cl)c(Cl)c2)o1)C(F)F. The minimum atomic E-state index is -3.67. The highest BCUT2D eigenvalue weighted by Crippen LogP contribution is 2.52. The summed E-state index contributed by atoms with van der Waals surface area (Å²) in [6.45, 7) is 3.16. The summed E-state index contributed by atoms with van der Waals surface area (Å²) in [4.78, 5) is 29.0. The molecule has 2 fully saturated rings. The van der Waals surface area contributed by atoms with Crippen LogP contribution in [0.3, 0.4) is 0 Å². The van der Waals surface area contributed by atoms with Gasteiger partial charge in [-0.1, -0.05) is 29.3 Å². The molecular weight excluding hydrogens is 609 g/mol. The van der Waals surface area contributed by atoms with Crippen LogP contribution in [0.5, 0.6) is 0 Å². The number of rotatable bonds is 6. The van der Waals surface area contributed by atoms with Crippen molar-refractivity contribution in [3.8, 4) is 0 Å². The molecule has 1 spiro atoms. The fourth-order valence-corrected chi connectivity index (χ4v) is 6.43. The molecule has 1 amide bonds. The molecule has 2 aliphatic rings. The van der Waals surface area contributed by atoms with Gasteiger partial charge in [-0.2, -0.15) is 8.78 Å². The lowest BCUT2D eigenvalue weighted by atomic mass is 9.70. The molecule has 0 aliphatic carbocycles. The van der Waals surface area contributed by atoms with Crippen molar-refractivity contribution in [2.24, 2.45) is 10.8 Å². The number of benzene rings is 1. The highest BCUT2D eigenvalue weighted by Gasteiger charge is 2.60. The van der Waals surface area contributed by atoms with E-state index < -0.39 is 46.5 Å². The molecular formula is C25H21Cl2F4N7O2S. The minimum absolute atomic E-state index is 0.0563. The number of thiazole rings is 1. The van der Waals surface area contributed by atoms with E-state index in [0.717, 1.165) is 16.8 Å². The van der Waals surface area contributed by atoms with E-state index in [1.807, 2.05) is 4.90 Å². The van der Waals surface area contributed by atoms with Crippen LogP contribution >= 0.6 is 34.5 Å². The number of fused-ring (bicyclic) bond motifs is 1. The van der Waals surface area contributed by atoms with Gasteiger partial charge in [-0.3, -0.25) is 4.79 Å². The molecule has 4 aromatic rings. The Hall–Kier alpha value is -3.10. The molecule has 41 heavy (non-hydrogen) atoms. The molecule has 0 N–H and O–H groups in total. The van der Waals surface area contributed by atoms with Gasteiger partial charge in [-0.25, -0.2) is 23.7 Å². The van der Waals surface area contributed by atoms with Crippen LogP contribution in [-0.4, -0.2) is 68.6 Å². The van der Waals surface area contributed by atoms with Gasteiger partial charge in [0.1, 0.15) is 16.4 Å². The Kier molecular flexibility index (Phi) is 6.66. The second-order valence-corrected chi connectivity index (χ2v) is 12.5. The Morgan fingerprint density at radius 2 is 1.88 bits per heavy atom. The van der Waals surface area contributed by atoms with E-state index in [2.05, 4.69) is 25.1 Å². The molecule has 0 radical (unpaired) electrons. The molecule has 1 aromatic carbocycles. The summed E-state index contributed by atoms with van der Waals surface area (Å²) in [6.07, 6.45) is -1.48. The molecule has 1 unspecified atom stereocenters. The number of aromatic nitrogens is 5. The van der Waals surface area contributed by atoms with Crippen LogP contribution in [0.15, 0.2) is 34.5 Å². The van der Waals surface area contributed by atoms with E-state index >= 15 is 8.78 Å². The van der Waals surface area contributed by atoms with E-state index in [4.69, 9.17) is 27.6 Å². The molecule has 0 bridgehead atoms. The van der Waals surface area contributed by atoms with Gasteiger partial charge in [0.25, 0.3) is 12.3 Å². The number of carbonyl (C=O) groups is 1. The molecule has 2 saturated heterocycles. The zero-order valence-electron chi connectivity index (χ0n) is 21.5. The summed E-state index contributed by atoms with van der Waals surface area (Å²) in [5.74, 6) is -5.38. The van der Waals surface area contributed by atoms with Crippen molar-refractivity contribution in [1.82, 2.24) is 30.0 Å². The standard InChI is InChI=1S/C25H21Cl2F4N7O2S/c1-23(2,20(28)29)22(39)38-8-24(9-38)7-37(18-16-17(32-10-33-18)34-11-41-16)6-13(24)19-35-36-21(40-19)25(30,31)12-3-4-14(26)15(27)5-12/h3-5,10-11,13,20H,6-9H2,1-2H3. The van der Waals surface area contributed by atoms with Crippen molar-refractivity contribution < 1.29 is 26.8 Å². The van der Waals surface area contributed by atoms with Crippen LogP contribution in [0.2, 0.25) is 10.0 Å². The second kappa shape index (κ2) is 9.73. The Balaban J connectivity index is 1.34. The number of alkyl halides is 4. The van der Waals surface area contributed by atoms with Crippen LogP contribution in [-0.2, 0) is 10.7 Å². The number of carbonyl (C=O) groups excluding carboxylic acids is 1. The van der Waals surface area contributed by atoms with Gasteiger partial charge < -0.3 is 14.2 Å². The monoisotopic (exact) mass is 629 g/mol. The number of anilines is 1. The first-order chi connectivity index (χ1) is 19.3. The van der Waals surface area contributed by atoms with Crippen molar-refractivity contribution in [3.63, 3.8) is 0 Å². The average Bonchev–Trinajstić information content (AvgIpc) is 3.66. The van der Waals surface area contributed by atoms with Crippen LogP contribution < -0.4 is 4.90 Å². The molecule has 3 aromatic heterocycles. The maximum Gasteiger partial charge on any atom is 0.349 e. The van der Waals surface area contributed by atoms with Crippen molar-refractivity contribution in [2.45, 2.75) is 32.1 Å². The molecule has 1 atom stereocenters. The van der Waals surface area contributed by atoms with Crippen molar-refractivity contribution in [1.29, 1.82) is 0 Å². The van der Waals surface area contributed by atoms with Gasteiger partial charge in [-0.05, 0) is 26.0 Å². The van der Waals surface area contributed by atoms with Crippen molar-refractivity contribution in [3.05, 3.63) is 57.4 Å². The van der Waals surface area contributed by atoms with Gasteiger partial charge in [0.15, 0.2) is 11.5 Å². The van der Waals surface area contributed by atoms with Crippen LogP contribution in [0.1, 0.15) is 37.1 Å². The first-order valence-corrected chi connectivity index (χ1v) is 14.0. The van der Waals surface area contributed by atoms with Crippen LogP contribution in [0.25, 0.3) is 10.3 Å². The molecule has 5 heterocycles. The number of halogens is 6. The summed E-state index contributed by atoms with van der Waals surface area (Å²) in [5, 5.41) is 7.71. The molecule has 2 aliphatic heterocycles. The van der Waals surface area contributed by atoms with Gasteiger partial charge in [-0.15, -0.1) is 21.5 Å². The normalized spacial score (nSPS) is 19.0. The molecule has 6 rings (SSSR count). The molecule has 9 nitrogen and oxygen atoms in total. The minimum Gasteiger partial charge on any atom is -0.419 e. The lowest BCUT2D eigenvalue weighted by Crippen LogP contribution is -2.64. The van der Waals surface area contributed by atoms with Crippen molar-refractivity contribution in [2.75, 3.05) is 31.1 Å². The van der Waals surface area contributed by atoms with Gasteiger partial charge in [0.2, 0.25) is 11.8 Å². The lowest BCUT2D eigenvalue weighted by molar-refractivity contribution is -0.161. The smallest absolute Gasteiger partial charge is 0.349 e. The zero-order chi connectivity index (χ0) is 29.3. The predicted octanol–water partition coefficient (Wildman–Crippen LogP) is 5.64. The summed E-state index contributed by atoms with van der Waals surface area (Å²) in [7, 11) is 0. The third-order valence-electron chi connectivity index (χ3n) is 7.74. The molecule has 216 valence electrons. The second-order valence-electron chi connectivity index (χ2n) is 10.8. The van der Waals surface area contributed by atoms with Gasteiger partial charge in [0.05, 0.1) is 21.5 Å². The topological polar surface area (TPSA) is 101 Å². The third kappa shape index (κ3) is 4.50.